The number of halogens is 3. The molecule has 37 heavy (non-hydrogen) atoms. The predicted molar refractivity (Wildman–Crippen MR) is 138 cm³/mol. The summed E-state index contributed by atoms with van der Waals surface area (Å²) >= 11 is 0. The van der Waals surface area contributed by atoms with Crippen molar-refractivity contribution in [3.05, 3.63) is 118 Å². The van der Waals surface area contributed by atoms with Gasteiger partial charge in [0.15, 0.2) is 16.9 Å². The molecule has 184 valence electrons. The Morgan fingerprint density at radius 3 is 2.19 bits per heavy atom. The van der Waals surface area contributed by atoms with Gasteiger partial charge >= 0.3 is 6.18 Å². The van der Waals surface area contributed by atoms with Gasteiger partial charge in [-0.05, 0) is 43.3 Å². The summed E-state index contributed by atoms with van der Waals surface area (Å²) in [6.07, 6.45) is -4.82. The number of hydrogen-bond acceptors (Lipinski definition) is 4. The van der Waals surface area contributed by atoms with Gasteiger partial charge in [0, 0.05) is 28.6 Å². The number of aromatic nitrogens is 2. The van der Waals surface area contributed by atoms with E-state index in [-0.39, 0.29) is 22.9 Å². The highest BCUT2D eigenvalue weighted by atomic mass is 19.4. The molecule has 0 saturated carbocycles. The zero-order chi connectivity index (χ0) is 26.2. The Balaban J connectivity index is 1.89. The molecule has 2 heterocycles. The summed E-state index contributed by atoms with van der Waals surface area (Å²) in [5.41, 5.74) is -0.250. The van der Waals surface area contributed by atoms with Crippen LogP contribution in [0.5, 0.6) is 0 Å². The van der Waals surface area contributed by atoms with E-state index in [9.17, 15) is 22.8 Å². The molecular weight excluding hydrogens is 479 g/mol. The van der Waals surface area contributed by atoms with Gasteiger partial charge in [0.25, 0.3) is 0 Å². The average Bonchev–Trinajstić information content (AvgIpc) is 2.89. The van der Waals surface area contributed by atoms with E-state index in [1.165, 1.54) is 17.6 Å². The Morgan fingerprint density at radius 2 is 1.54 bits per heavy atom. The van der Waals surface area contributed by atoms with Crippen LogP contribution in [0.3, 0.4) is 0 Å². The molecule has 0 amide bonds. The summed E-state index contributed by atoms with van der Waals surface area (Å²) in [4.78, 5) is 29.7. The number of nitrogens with zero attached hydrogens (tertiary/aromatic N) is 2. The van der Waals surface area contributed by atoms with Crippen molar-refractivity contribution < 1.29 is 18.0 Å². The van der Waals surface area contributed by atoms with Gasteiger partial charge in [0.2, 0.25) is 0 Å². The number of Topliss-reactive ketones (excluding diaryl/α,β-unsaturated/α-hetero) is 1. The van der Waals surface area contributed by atoms with Crippen LogP contribution in [0, 0.1) is 0 Å². The first-order valence-corrected chi connectivity index (χ1v) is 11.4. The largest absolute Gasteiger partial charge is 0.417 e. The Hall–Kier alpha value is -4.72. The fourth-order valence-electron chi connectivity index (χ4n) is 4.18. The van der Waals surface area contributed by atoms with Gasteiger partial charge in [-0.3, -0.25) is 14.2 Å². The van der Waals surface area contributed by atoms with Gasteiger partial charge in [-0.1, -0.05) is 54.6 Å². The molecule has 0 aliphatic heterocycles. The van der Waals surface area contributed by atoms with Crippen LogP contribution in [0.25, 0.3) is 28.0 Å². The number of nitrogens with one attached hydrogen (secondary N) is 1. The van der Waals surface area contributed by atoms with Crippen molar-refractivity contribution >= 4 is 28.3 Å². The topological polar surface area (TPSA) is 64.0 Å². The van der Waals surface area contributed by atoms with Crippen LogP contribution in [-0.2, 0) is 6.18 Å². The summed E-state index contributed by atoms with van der Waals surface area (Å²) in [5, 5.41) is 2.60. The number of anilines is 2. The maximum absolute atomic E-state index is 14.3. The lowest BCUT2D eigenvalue weighted by molar-refractivity contribution is -0.136. The monoisotopic (exact) mass is 499 g/mol. The van der Waals surface area contributed by atoms with Crippen LogP contribution in [0.1, 0.15) is 22.8 Å². The molecule has 8 heteroatoms. The number of pyridine rings is 2. The van der Waals surface area contributed by atoms with Crippen molar-refractivity contribution in [1.29, 1.82) is 0 Å². The molecule has 0 radical (unpaired) electrons. The lowest BCUT2D eigenvalue weighted by Crippen LogP contribution is -2.18. The van der Waals surface area contributed by atoms with Gasteiger partial charge in [-0.2, -0.15) is 13.2 Å². The van der Waals surface area contributed by atoms with Gasteiger partial charge < -0.3 is 5.32 Å². The van der Waals surface area contributed by atoms with E-state index in [2.05, 4.69) is 10.3 Å². The van der Waals surface area contributed by atoms with Crippen molar-refractivity contribution in [1.82, 2.24) is 9.55 Å². The highest BCUT2D eigenvalue weighted by Crippen LogP contribution is 2.37. The maximum atomic E-state index is 14.3. The predicted octanol–water partition coefficient (Wildman–Crippen LogP) is 7.02. The standard InChI is InChI=1S/C29H20F3N3O2/c1-18(36)19-9-8-10-20(15-19)24-16-23(29(30,31)32)27-25(37)17-26(33-21-11-4-2-5-12-21)35(28(27)34-24)22-13-6-3-7-14-22/h2-17,33H,1H3. The number of benzene rings is 3. The first kappa shape index (κ1) is 24.0. The molecule has 0 atom stereocenters. The highest BCUT2D eigenvalue weighted by Gasteiger charge is 2.35. The lowest BCUT2D eigenvalue weighted by Gasteiger charge is -2.20. The summed E-state index contributed by atoms with van der Waals surface area (Å²) in [7, 11) is 0. The normalized spacial score (nSPS) is 11.5. The van der Waals surface area contributed by atoms with Gasteiger partial charge in [-0.15, -0.1) is 0 Å². The molecule has 0 fully saturated rings. The SMILES string of the molecule is CC(=O)c1cccc(-c2cc(C(F)(F)F)c3c(=O)cc(Nc4ccccc4)n(-c4ccccc4)c3n2)c1. The Kier molecular flexibility index (Phi) is 6.09. The molecular formula is C29H20F3N3O2. The van der Waals surface area contributed by atoms with E-state index in [1.807, 2.05) is 6.07 Å². The summed E-state index contributed by atoms with van der Waals surface area (Å²) < 4.78 is 44.5. The number of ketones is 1. The molecule has 0 unspecified atom stereocenters. The van der Waals surface area contributed by atoms with E-state index < -0.39 is 22.6 Å². The number of rotatable bonds is 5. The van der Waals surface area contributed by atoms with Crippen LogP contribution in [0.2, 0.25) is 0 Å². The van der Waals surface area contributed by atoms with Crippen molar-refractivity contribution in [2.45, 2.75) is 13.1 Å². The van der Waals surface area contributed by atoms with Gasteiger partial charge in [0.1, 0.15) is 5.82 Å². The molecule has 5 rings (SSSR count). The van der Waals surface area contributed by atoms with E-state index in [0.29, 0.717) is 22.5 Å². The Morgan fingerprint density at radius 1 is 0.865 bits per heavy atom. The number of carbonyl (C=O) groups excluding carboxylic acids is 1. The van der Waals surface area contributed by atoms with Crippen LogP contribution in [0.4, 0.5) is 24.7 Å². The van der Waals surface area contributed by atoms with Crippen molar-refractivity contribution in [2.24, 2.45) is 0 Å². The minimum absolute atomic E-state index is 0.0103. The van der Waals surface area contributed by atoms with Gasteiger partial charge in [0.05, 0.1) is 16.6 Å². The molecule has 5 aromatic rings. The molecule has 2 aromatic heterocycles. The Bertz CT molecular complexity index is 1680. The summed E-state index contributed by atoms with van der Waals surface area (Å²) in [6.45, 7) is 1.38. The molecule has 0 saturated heterocycles. The van der Waals surface area contributed by atoms with Crippen molar-refractivity contribution in [2.75, 3.05) is 5.32 Å². The summed E-state index contributed by atoms with van der Waals surface area (Å²) in [5.74, 6) is 0.0272. The zero-order valence-corrected chi connectivity index (χ0v) is 19.6. The van der Waals surface area contributed by atoms with Crippen molar-refractivity contribution in [3.8, 4) is 16.9 Å². The van der Waals surface area contributed by atoms with Crippen molar-refractivity contribution in [3.63, 3.8) is 0 Å². The molecule has 0 aliphatic rings. The summed E-state index contributed by atoms with van der Waals surface area (Å²) in [6, 6.07) is 26.0. The van der Waals surface area contributed by atoms with E-state index in [4.69, 9.17) is 0 Å². The highest BCUT2D eigenvalue weighted by molar-refractivity contribution is 5.95. The average molecular weight is 499 g/mol. The third-order valence-electron chi connectivity index (χ3n) is 5.90. The fraction of sp³-hybridized carbons (Fsp3) is 0.0690. The van der Waals surface area contributed by atoms with E-state index >= 15 is 0 Å². The van der Waals surface area contributed by atoms with Crippen LogP contribution >= 0.6 is 0 Å². The Labute approximate surface area is 209 Å². The van der Waals surface area contributed by atoms with E-state index in [1.54, 1.807) is 72.8 Å². The number of carbonyl (C=O) groups is 1. The lowest BCUT2D eigenvalue weighted by atomic mass is 10.0. The minimum atomic E-state index is -4.82. The zero-order valence-electron chi connectivity index (χ0n) is 19.6. The second kappa shape index (κ2) is 9.39. The number of hydrogen-bond donors (Lipinski definition) is 1. The van der Waals surface area contributed by atoms with E-state index in [0.717, 1.165) is 12.1 Å². The second-order valence-electron chi connectivity index (χ2n) is 8.44. The number of para-hydroxylation sites is 2. The quantitative estimate of drug-likeness (QED) is 0.264. The number of fused-ring (bicyclic) bond motifs is 1. The molecule has 3 aromatic carbocycles. The maximum Gasteiger partial charge on any atom is 0.417 e. The third-order valence-corrected chi connectivity index (χ3v) is 5.90. The smallest absolute Gasteiger partial charge is 0.341 e. The second-order valence-corrected chi connectivity index (χ2v) is 8.44. The first-order valence-electron chi connectivity index (χ1n) is 11.4. The molecule has 0 aliphatic carbocycles. The minimum Gasteiger partial charge on any atom is -0.341 e. The third kappa shape index (κ3) is 4.73. The first-order chi connectivity index (χ1) is 17.7. The van der Waals surface area contributed by atoms with Gasteiger partial charge in [-0.25, -0.2) is 4.98 Å². The molecule has 0 spiro atoms. The van der Waals surface area contributed by atoms with Crippen LogP contribution < -0.4 is 10.7 Å². The molecule has 0 bridgehead atoms. The molecule has 1 N–H and O–H groups in total. The van der Waals surface area contributed by atoms with Crippen LogP contribution in [-0.4, -0.2) is 15.3 Å². The fourth-order valence-corrected chi connectivity index (χ4v) is 4.18. The number of alkyl halides is 3. The van der Waals surface area contributed by atoms with Crippen LogP contribution in [0.15, 0.2) is 102 Å². The molecule has 5 nitrogen and oxygen atoms in total.